The normalized spacial score (nSPS) is 12.5. The Morgan fingerprint density at radius 1 is 0.857 bits per heavy atom. The summed E-state index contributed by atoms with van der Waals surface area (Å²) in [6.07, 6.45) is 0.915. The maximum absolute atomic E-state index is 5.85. The molecule has 0 heterocycles. The van der Waals surface area contributed by atoms with Crippen molar-refractivity contribution in [2.75, 3.05) is 0 Å². The molecule has 0 saturated carbocycles. The van der Waals surface area contributed by atoms with E-state index < -0.39 is 0 Å². The first-order valence-corrected chi connectivity index (χ1v) is 7.52. The third-order valence-corrected chi connectivity index (χ3v) is 4.26. The minimum Gasteiger partial charge on any atom is -0.271 e. The lowest BCUT2D eigenvalue weighted by Crippen LogP contribution is -2.30. The van der Waals surface area contributed by atoms with E-state index in [9.17, 15) is 0 Å². The van der Waals surface area contributed by atoms with Gasteiger partial charge in [0, 0.05) is 0 Å². The molecule has 21 heavy (non-hydrogen) atoms. The highest BCUT2D eigenvalue weighted by Crippen LogP contribution is 2.26. The number of hydrogen-bond donors (Lipinski definition) is 2. The zero-order chi connectivity index (χ0) is 15.6. The molecule has 0 bridgehead atoms. The topological polar surface area (TPSA) is 38.0 Å². The number of nitrogens with two attached hydrogens (primary N) is 1. The Morgan fingerprint density at radius 2 is 1.48 bits per heavy atom. The van der Waals surface area contributed by atoms with Crippen LogP contribution >= 0.6 is 0 Å². The minimum atomic E-state index is 0.144. The van der Waals surface area contributed by atoms with Crippen molar-refractivity contribution in [3.8, 4) is 0 Å². The molecule has 2 aromatic carbocycles. The quantitative estimate of drug-likeness (QED) is 0.657. The van der Waals surface area contributed by atoms with Crippen LogP contribution < -0.4 is 11.3 Å². The van der Waals surface area contributed by atoms with Crippen LogP contribution in [0.15, 0.2) is 30.3 Å². The lowest BCUT2D eigenvalue weighted by atomic mass is 9.90. The Morgan fingerprint density at radius 3 is 2.05 bits per heavy atom. The number of rotatable bonds is 4. The summed E-state index contributed by atoms with van der Waals surface area (Å²) in [7, 11) is 0. The largest absolute Gasteiger partial charge is 0.271 e. The van der Waals surface area contributed by atoms with Crippen LogP contribution in [0.1, 0.15) is 45.0 Å². The highest BCUT2D eigenvalue weighted by molar-refractivity contribution is 5.40. The molecular weight excluding hydrogens is 256 g/mol. The fourth-order valence-electron chi connectivity index (χ4n) is 3.13. The fourth-order valence-corrected chi connectivity index (χ4v) is 3.13. The van der Waals surface area contributed by atoms with E-state index >= 15 is 0 Å². The van der Waals surface area contributed by atoms with Gasteiger partial charge in [0.2, 0.25) is 0 Å². The lowest BCUT2D eigenvalue weighted by molar-refractivity contribution is 0.547. The van der Waals surface area contributed by atoms with Gasteiger partial charge in [0.1, 0.15) is 0 Å². The molecule has 0 aromatic heterocycles. The van der Waals surface area contributed by atoms with Gasteiger partial charge < -0.3 is 0 Å². The molecule has 3 N–H and O–H groups in total. The Balaban J connectivity index is 2.38. The summed E-state index contributed by atoms with van der Waals surface area (Å²) in [5.74, 6) is 5.85. The number of hydrogen-bond acceptors (Lipinski definition) is 2. The van der Waals surface area contributed by atoms with Crippen molar-refractivity contribution in [2.24, 2.45) is 5.84 Å². The third-order valence-electron chi connectivity index (χ3n) is 4.26. The standard InChI is InChI=1S/C19H26N2/c1-12-6-7-14(3)18(10-12)19(21-20)11-17-15(4)8-13(2)9-16(17)5/h6-10,19,21H,11,20H2,1-5H3. The monoisotopic (exact) mass is 282 g/mol. The summed E-state index contributed by atoms with van der Waals surface area (Å²) < 4.78 is 0. The van der Waals surface area contributed by atoms with Gasteiger partial charge in [-0.1, -0.05) is 41.5 Å². The highest BCUT2D eigenvalue weighted by atomic mass is 15.2. The molecule has 0 radical (unpaired) electrons. The van der Waals surface area contributed by atoms with Crippen molar-refractivity contribution in [3.05, 3.63) is 69.3 Å². The first kappa shape index (κ1) is 15.7. The molecule has 0 spiro atoms. The summed E-state index contributed by atoms with van der Waals surface area (Å²) in [5, 5.41) is 0. The van der Waals surface area contributed by atoms with Crippen LogP contribution in [0.5, 0.6) is 0 Å². The molecule has 0 aliphatic rings. The predicted octanol–water partition coefficient (Wildman–Crippen LogP) is 3.98. The first-order valence-electron chi connectivity index (χ1n) is 7.52. The van der Waals surface area contributed by atoms with Crippen molar-refractivity contribution in [2.45, 2.75) is 47.1 Å². The second kappa shape index (κ2) is 6.42. The Kier molecular flexibility index (Phi) is 4.81. The van der Waals surface area contributed by atoms with Crippen LogP contribution in [0.4, 0.5) is 0 Å². The molecule has 2 heteroatoms. The van der Waals surface area contributed by atoms with E-state index in [0.29, 0.717) is 0 Å². The molecule has 112 valence electrons. The number of nitrogens with one attached hydrogen (secondary N) is 1. The Hall–Kier alpha value is -1.64. The van der Waals surface area contributed by atoms with Gasteiger partial charge in [-0.25, -0.2) is 0 Å². The van der Waals surface area contributed by atoms with Crippen molar-refractivity contribution < 1.29 is 0 Å². The van der Waals surface area contributed by atoms with Crippen LogP contribution in [0.3, 0.4) is 0 Å². The zero-order valence-corrected chi connectivity index (χ0v) is 13.7. The van der Waals surface area contributed by atoms with Crippen LogP contribution in [0.2, 0.25) is 0 Å². The van der Waals surface area contributed by atoms with Crippen LogP contribution in [0, 0.1) is 34.6 Å². The molecule has 0 fully saturated rings. The van der Waals surface area contributed by atoms with Gasteiger partial charge in [-0.2, -0.15) is 0 Å². The van der Waals surface area contributed by atoms with Crippen LogP contribution in [0.25, 0.3) is 0 Å². The van der Waals surface area contributed by atoms with Gasteiger partial charge in [0.25, 0.3) is 0 Å². The molecular formula is C19H26N2. The summed E-state index contributed by atoms with van der Waals surface area (Å²) in [6.45, 7) is 10.8. The molecule has 2 aromatic rings. The highest BCUT2D eigenvalue weighted by Gasteiger charge is 2.16. The van der Waals surface area contributed by atoms with E-state index in [2.05, 4.69) is 70.4 Å². The van der Waals surface area contributed by atoms with E-state index in [1.54, 1.807) is 0 Å². The maximum Gasteiger partial charge on any atom is 0.0503 e. The SMILES string of the molecule is Cc1cc(C)c(CC(NN)c2cc(C)ccc2C)c(C)c1. The third kappa shape index (κ3) is 3.52. The smallest absolute Gasteiger partial charge is 0.0503 e. The van der Waals surface area contributed by atoms with E-state index in [1.807, 2.05) is 0 Å². The molecule has 2 nitrogen and oxygen atoms in total. The zero-order valence-electron chi connectivity index (χ0n) is 13.7. The van der Waals surface area contributed by atoms with Gasteiger partial charge in [-0.3, -0.25) is 11.3 Å². The maximum atomic E-state index is 5.85. The molecule has 1 unspecified atom stereocenters. The van der Waals surface area contributed by atoms with E-state index in [-0.39, 0.29) is 6.04 Å². The Bertz CT molecular complexity index is 621. The molecule has 2 rings (SSSR count). The summed E-state index contributed by atoms with van der Waals surface area (Å²) in [4.78, 5) is 0. The van der Waals surface area contributed by atoms with E-state index in [4.69, 9.17) is 5.84 Å². The average molecular weight is 282 g/mol. The van der Waals surface area contributed by atoms with E-state index in [0.717, 1.165) is 6.42 Å². The van der Waals surface area contributed by atoms with Gasteiger partial charge >= 0.3 is 0 Å². The first-order chi connectivity index (χ1) is 9.92. The van der Waals surface area contributed by atoms with Gasteiger partial charge in [-0.15, -0.1) is 0 Å². The summed E-state index contributed by atoms with van der Waals surface area (Å²) in [6, 6.07) is 11.2. The van der Waals surface area contributed by atoms with Crippen LogP contribution in [-0.4, -0.2) is 0 Å². The number of aryl methyl sites for hydroxylation is 5. The molecule has 0 saturated heterocycles. The molecule has 0 amide bonds. The van der Waals surface area contributed by atoms with E-state index in [1.165, 1.54) is 38.9 Å². The number of hydrazine groups is 1. The van der Waals surface area contributed by atoms with Crippen molar-refractivity contribution in [1.29, 1.82) is 0 Å². The Labute approximate surface area is 128 Å². The van der Waals surface area contributed by atoms with Gasteiger partial charge in [0.15, 0.2) is 0 Å². The van der Waals surface area contributed by atoms with Crippen molar-refractivity contribution >= 4 is 0 Å². The van der Waals surface area contributed by atoms with Gasteiger partial charge in [0.05, 0.1) is 6.04 Å². The van der Waals surface area contributed by atoms with Crippen LogP contribution in [-0.2, 0) is 6.42 Å². The molecule has 0 aliphatic carbocycles. The number of benzene rings is 2. The molecule has 1 atom stereocenters. The summed E-state index contributed by atoms with van der Waals surface area (Å²) >= 11 is 0. The second-order valence-corrected chi connectivity index (χ2v) is 6.16. The second-order valence-electron chi connectivity index (χ2n) is 6.16. The minimum absolute atomic E-state index is 0.144. The average Bonchev–Trinajstić information content (AvgIpc) is 2.41. The summed E-state index contributed by atoms with van der Waals surface area (Å²) in [5.41, 5.74) is 12.2. The van der Waals surface area contributed by atoms with Crippen molar-refractivity contribution in [1.82, 2.24) is 5.43 Å². The molecule has 0 aliphatic heterocycles. The van der Waals surface area contributed by atoms with Gasteiger partial charge in [-0.05, 0) is 68.9 Å². The lowest BCUT2D eigenvalue weighted by Gasteiger charge is -2.22. The predicted molar refractivity (Wildman–Crippen MR) is 90.3 cm³/mol. The fraction of sp³-hybridized carbons (Fsp3) is 0.368. The van der Waals surface area contributed by atoms with Crippen molar-refractivity contribution in [3.63, 3.8) is 0 Å².